The van der Waals surface area contributed by atoms with Gasteiger partial charge in [0.05, 0.1) is 11.3 Å². The number of carbonyl (C=O) groups is 2. The fourth-order valence-corrected chi connectivity index (χ4v) is 3.23. The van der Waals surface area contributed by atoms with E-state index in [0.717, 1.165) is 23.3 Å². The highest BCUT2D eigenvalue weighted by Crippen LogP contribution is 2.28. The lowest BCUT2D eigenvalue weighted by Crippen LogP contribution is -2.12. The number of allylic oxidation sites excluding steroid dienone is 4. The first-order chi connectivity index (χ1) is 16.5. The SMILES string of the molecule is CC=C(CC)Oc1ccc(C(=O)C=Cc2ccc(C=CCCCCC)cc2)c(OCC(=O)O)c1. The van der Waals surface area contributed by atoms with Gasteiger partial charge in [0, 0.05) is 12.5 Å². The summed E-state index contributed by atoms with van der Waals surface area (Å²) in [6, 6.07) is 12.8. The van der Waals surface area contributed by atoms with Crippen LogP contribution in [0.4, 0.5) is 0 Å². The first-order valence-corrected chi connectivity index (χ1v) is 11.8. The number of carbonyl (C=O) groups excluding carboxylic acids is 1. The van der Waals surface area contributed by atoms with Crippen molar-refractivity contribution >= 4 is 23.9 Å². The number of carboxylic acid groups (broad SMARTS) is 1. The van der Waals surface area contributed by atoms with Crippen molar-refractivity contribution in [1.82, 2.24) is 0 Å². The molecule has 0 radical (unpaired) electrons. The second-order valence-electron chi connectivity index (χ2n) is 7.81. The van der Waals surface area contributed by atoms with Crippen molar-refractivity contribution in [1.29, 1.82) is 0 Å². The lowest BCUT2D eigenvalue weighted by atomic mass is 10.1. The molecule has 2 aromatic carbocycles. The first kappa shape index (κ1) is 26.7. The van der Waals surface area contributed by atoms with Gasteiger partial charge in [0.1, 0.15) is 11.5 Å². The fourth-order valence-electron chi connectivity index (χ4n) is 3.23. The maximum Gasteiger partial charge on any atom is 0.341 e. The number of unbranched alkanes of at least 4 members (excludes halogenated alkanes) is 3. The van der Waals surface area contributed by atoms with Gasteiger partial charge in [0.25, 0.3) is 0 Å². The zero-order valence-corrected chi connectivity index (χ0v) is 20.3. The topological polar surface area (TPSA) is 72.8 Å². The van der Waals surface area contributed by atoms with E-state index in [1.165, 1.54) is 25.3 Å². The molecule has 0 aliphatic heterocycles. The summed E-state index contributed by atoms with van der Waals surface area (Å²) in [4.78, 5) is 23.8. The van der Waals surface area contributed by atoms with Gasteiger partial charge in [-0.25, -0.2) is 4.79 Å². The molecule has 0 unspecified atom stereocenters. The molecule has 5 nitrogen and oxygen atoms in total. The van der Waals surface area contributed by atoms with Crippen LogP contribution in [-0.2, 0) is 4.79 Å². The smallest absolute Gasteiger partial charge is 0.341 e. The number of benzene rings is 2. The Hall–Kier alpha value is -3.60. The Morgan fingerprint density at radius 2 is 1.68 bits per heavy atom. The molecule has 2 rings (SSSR count). The van der Waals surface area contributed by atoms with Crippen molar-refractivity contribution in [2.45, 2.75) is 52.9 Å². The van der Waals surface area contributed by atoms with Gasteiger partial charge in [-0.2, -0.15) is 0 Å². The molecular formula is C29H34O5. The predicted octanol–water partition coefficient (Wildman–Crippen LogP) is 7.33. The summed E-state index contributed by atoms with van der Waals surface area (Å²) in [6.45, 7) is 5.49. The van der Waals surface area contributed by atoms with E-state index in [2.05, 4.69) is 19.1 Å². The molecule has 0 saturated carbocycles. The van der Waals surface area contributed by atoms with Crippen LogP contribution in [0.3, 0.4) is 0 Å². The molecule has 1 N–H and O–H groups in total. The second-order valence-corrected chi connectivity index (χ2v) is 7.81. The Morgan fingerprint density at radius 3 is 2.29 bits per heavy atom. The zero-order valence-electron chi connectivity index (χ0n) is 20.3. The first-order valence-electron chi connectivity index (χ1n) is 11.8. The standard InChI is InChI=1S/C29H34O5/c1-4-7-8-9-10-11-22-12-14-23(15-13-22)16-19-27(30)26-18-17-25(34-24(5-2)6-3)20-28(26)33-21-29(31)32/h5,10-20H,4,6-9,21H2,1-3H3,(H,31,32). The summed E-state index contributed by atoms with van der Waals surface area (Å²) in [6.07, 6.45) is 14.8. The highest BCUT2D eigenvalue weighted by molar-refractivity contribution is 6.08. The minimum atomic E-state index is -1.12. The molecule has 0 aromatic heterocycles. The van der Waals surface area contributed by atoms with E-state index < -0.39 is 12.6 Å². The van der Waals surface area contributed by atoms with Crippen molar-refractivity contribution in [3.63, 3.8) is 0 Å². The number of hydrogen-bond donors (Lipinski definition) is 1. The molecule has 0 atom stereocenters. The summed E-state index contributed by atoms with van der Waals surface area (Å²) in [5.41, 5.74) is 2.28. The number of ketones is 1. The molecule has 0 bridgehead atoms. The Balaban J connectivity index is 2.12. The Morgan fingerprint density at radius 1 is 0.971 bits per heavy atom. The number of aliphatic carboxylic acids is 1. The third-order valence-corrected chi connectivity index (χ3v) is 5.14. The van der Waals surface area contributed by atoms with Crippen LogP contribution in [0, 0.1) is 0 Å². The van der Waals surface area contributed by atoms with E-state index in [9.17, 15) is 9.59 Å². The van der Waals surface area contributed by atoms with Gasteiger partial charge < -0.3 is 14.6 Å². The average molecular weight is 463 g/mol. The summed E-state index contributed by atoms with van der Waals surface area (Å²) < 4.78 is 11.2. The van der Waals surface area contributed by atoms with Gasteiger partial charge >= 0.3 is 5.97 Å². The van der Waals surface area contributed by atoms with Crippen LogP contribution in [0.1, 0.15) is 74.4 Å². The summed E-state index contributed by atoms with van der Waals surface area (Å²) >= 11 is 0. The van der Waals surface area contributed by atoms with Crippen LogP contribution in [0.5, 0.6) is 11.5 Å². The molecule has 34 heavy (non-hydrogen) atoms. The van der Waals surface area contributed by atoms with Crippen LogP contribution in [0.2, 0.25) is 0 Å². The Labute approximate surface area is 202 Å². The molecule has 0 spiro atoms. The molecule has 5 heteroatoms. The minimum absolute atomic E-state index is 0.171. The molecule has 0 fully saturated rings. The molecule has 0 aliphatic carbocycles. The van der Waals surface area contributed by atoms with Crippen LogP contribution in [0.25, 0.3) is 12.2 Å². The molecular weight excluding hydrogens is 428 g/mol. The number of carboxylic acids is 1. The van der Waals surface area contributed by atoms with Crippen LogP contribution in [0.15, 0.2) is 66.5 Å². The van der Waals surface area contributed by atoms with E-state index in [1.54, 1.807) is 24.3 Å². The van der Waals surface area contributed by atoms with Crippen molar-refractivity contribution in [2.75, 3.05) is 6.61 Å². The van der Waals surface area contributed by atoms with Crippen LogP contribution in [-0.4, -0.2) is 23.5 Å². The normalized spacial score (nSPS) is 11.8. The van der Waals surface area contributed by atoms with Crippen LogP contribution < -0.4 is 9.47 Å². The lowest BCUT2D eigenvalue weighted by molar-refractivity contribution is -0.139. The highest BCUT2D eigenvalue weighted by Gasteiger charge is 2.14. The molecule has 0 amide bonds. The summed E-state index contributed by atoms with van der Waals surface area (Å²) in [5.74, 6) is 0.0114. The molecule has 0 aliphatic rings. The minimum Gasteiger partial charge on any atom is -0.481 e. The van der Waals surface area contributed by atoms with E-state index in [4.69, 9.17) is 14.6 Å². The van der Waals surface area contributed by atoms with Gasteiger partial charge in [-0.15, -0.1) is 0 Å². The largest absolute Gasteiger partial charge is 0.481 e. The van der Waals surface area contributed by atoms with E-state index in [-0.39, 0.29) is 17.1 Å². The Bertz CT molecular complexity index is 1030. The molecule has 0 heterocycles. The quantitative estimate of drug-likeness (QED) is 0.138. The zero-order chi connectivity index (χ0) is 24.8. The lowest BCUT2D eigenvalue weighted by Gasteiger charge is -2.12. The summed E-state index contributed by atoms with van der Waals surface area (Å²) in [5, 5.41) is 8.99. The Kier molecular flexibility index (Phi) is 11.4. The molecule has 2 aromatic rings. The van der Waals surface area contributed by atoms with E-state index >= 15 is 0 Å². The van der Waals surface area contributed by atoms with E-state index in [1.807, 2.05) is 44.2 Å². The molecule has 0 saturated heterocycles. The van der Waals surface area contributed by atoms with Crippen molar-refractivity contribution in [2.24, 2.45) is 0 Å². The van der Waals surface area contributed by atoms with Gasteiger partial charge in [-0.3, -0.25) is 4.79 Å². The van der Waals surface area contributed by atoms with Gasteiger partial charge in [-0.05, 0) is 55.2 Å². The second kappa shape index (κ2) is 14.5. The van der Waals surface area contributed by atoms with Crippen molar-refractivity contribution < 1.29 is 24.2 Å². The maximum absolute atomic E-state index is 12.8. The predicted molar refractivity (Wildman–Crippen MR) is 137 cm³/mol. The van der Waals surface area contributed by atoms with Gasteiger partial charge in [0.15, 0.2) is 12.4 Å². The van der Waals surface area contributed by atoms with E-state index in [0.29, 0.717) is 12.2 Å². The molecule has 180 valence electrons. The average Bonchev–Trinajstić information content (AvgIpc) is 2.85. The summed E-state index contributed by atoms with van der Waals surface area (Å²) in [7, 11) is 0. The number of hydrogen-bond acceptors (Lipinski definition) is 4. The van der Waals surface area contributed by atoms with Crippen molar-refractivity contribution in [3.05, 3.63) is 83.1 Å². The van der Waals surface area contributed by atoms with Crippen LogP contribution >= 0.6 is 0 Å². The van der Waals surface area contributed by atoms with Gasteiger partial charge in [-0.1, -0.05) is 69.2 Å². The highest BCUT2D eigenvalue weighted by atomic mass is 16.5. The third kappa shape index (κ3) is 9.10. The number of ether oxygens (including phenoxy) is 2. The number of rotatable bonds is 14. The van der Waals surface area contributed by atoms with Crippen molar-refractivity contribution in [3.8, 4) is 11.5 Å². The fraction of sp³-hybridized carbons (Fsp3) is 0.310. The van der Waals surface area contributed by atoms with Gasteiger partial charge in [0.2, 0.25) is 0 Å². The monoisotopic (exact) mass is 462 g/mol. The maximum atomic E-state index is 12.8. The third-order valence-electron chi connectivity index (χ3n) is 5.14.